The van der Waals surface area contributed by atoms with Crippen molar-refractivity contribution in [3.05, 3.63) is 47.9 Å². The van der Waals surface area contributed by atoms with E-state index < -0.39 is 42.8 Å². The monoisotopic (exact) mass is 713 g/mol. The first-order valence-corrected chi connectivity index (χ1v) is 20.0. The Balaban J connectivity index is 1.15. The second kappa shape index (κ2) is 13.3. The molecule has 1 amide bonds. The molecule has 4 aromatic heterocycles. The van der Waals surface area contributed by atoms with Gasteiger partial charge in [0.2, 0.25) is 0 Å². The van der Waals surface area contributed by atoms with Gasteiger partial charge in [-0.25, -0.2) is 24.0 Å². The lowest BCUT2D eigenvalue weighted by Gasteiger charge is -2.53. The molecule has 0 saturated carbocycles. The summed E-state index contributed by atoms with van der Waals surface area (Å²) >= 11 is 0. The molecule has 0 bridgehead atoms. The highest BCUT2D eigenvalue weighted by Gasteiger charge is 2.50. The molecule has 0 aromatic carbocycles. The summed E-state index contributed by atoms with van der Waals surface area (Å²) in [5.74, 6) is -2.04. The van der Waals surface area contributed by atoms with Crippen LogP contribution in [0.25, 0.3) is 22.3 Å². The van der Waals surface area contributed by atoms with Gasteiger partial charge >= 0.3 is 6.18 Å². The normalized spacial score (nSPS) is 17.2. The quantitative estimate of drug-likeness (QED) is 0.135. The molecule has 13 nitrogen and oxygen atoms in total. The summed E-state index contributed by atoms with van der Waals surface area (Å²) in [6.07, 6.45) is 0.215. The fraction of sp³-hybridized carbons (Fsp3) is 0.500. The number of nitrogens with two attached hydrogens (primary N) is 2. The molecule has 2 aliphatic rings. The zero-order valence-corrected chi connectivity index (χ0v) is 29.0. The van der Waals surface area contributed by atoms with Crippen molar-refractivity contribution in [3.8, 4) is 17.3 Å². The second-order valence-electron chi connectivity index (χ2n) is 14.2. The third-order valence-electron chi connectivity index (χ3n) is 9.48. The number of amides is 1. The van der Waals surface area contributed by atoms with Gasteiger partial charge in [-0.3, -0.25) is 9.69 Å². The predicted molar refractivity (Wildman–Crippen MR) is 180 cm³/mol. The van der Waals surface area contributed by atoms with Crippen molar-refractivity contribution in [1.82, 2.24) is 39.1 Å². The molecule has 0 atom stereocenters. The Morgan fingerprint density at radius 2 is 1.86 bits per heavy atom. The van der Waals surface area contributed by atoms with Crippen molar-refractivity contribution in [1.29, 1.82) is 5.26 Å². The van der Waals surface area contributed by atoms with Gasteiger partial charge in [-0.05, 0) is 31.0 Å². The highest BCUT2D eigenvalue weighted by Crippen LogP contribution is 2.42. The summed E-state index contributed by atoms with van der Waals surface area (Å²) < 4.78 is 63.5. The molecule has 0 spiro atoms. The second-order valence-corrected chi connectivity index (χ2v) is 19.8. The van der Waals surface area contributed by atoms with Crippen LogP contribution in [0.2, 0.25) is 25.7 Å². The number of piperidine rings is 1. The van der Waals surface area contributed by atoms with Gasteiger partial charge in [0.25, 0.3) is 5.91 Å². The molecule has 4 aromatic rings. The molecule has 0 unspecified atom stereocenters. The van der Waals surface area contributed by atoms with E-state index in [-0.39, 0.29) is 37.2 Å². The van der Waals surface area contributed by atoms with E-state index >= 15 is 0 Å². The zero-order chi connectivity index (χ0) is 36.0. The molecule has 50 heavy (non-hydrogen) atoms. The Kier molecular flexibility index (Phi) is 9.35. The highest BCUT2D eigenvalue weighted by molar-refractivity contribution is 6.76. The number of hydrogen-bond acceptors (Lipinski definition) is 10. The van der Waals surface area contributed by atoms with E-state index in [9.17, 15) is 27.6 Å². The number of carbonyl (C=O) groups excluding carboxylic acids is 1. The topological polar surface area (TPSA) is 170 Å². The van der Waals surface area contributed by atoms with Crippen molar-refractivity contribution in [2.75, 3.05) is 44.3 Å². The molecule has 6 heterocycles. The first kappa shape index (κ1) is 35.2. The van der Waals surface area contributed by atoms with Crippen molar-refractivity contribution in [2.24, 2.45) is 0 Å². The van der Waals surface area contributed by atoms with Crippen LogP contribution in [0.4, 0.5) is 29.2 Å². The van der Waals surface area contributed by atoms with Crippen molar-refractivity contribution in [3.63, 3.8) is 0 Å². The minimum Gasteiger partial charge on any atom is -0.383 e. The third kappa shape index (κ3) is 6.64. The van der Waals surface area contributed by atoms with Gasteiger partial charge in [-0.1, -0.05) is 19.6 Å². The molecule has 2 aliphatic heterocycles. The Labute approximate surface area is 286 Å². The molecular weight excluding hydrogens is 675 g/mol. The van der Waals surface area contributed by atoms with Crippen LogP contribution in [-0.2, 0) is 23.2 Å². The first-order valence-electron chi connectivity index (χ1n) is 16.3. The SMILES string of the molecule is C[Si](C)(C)CCOCn1ccc2c(-c3c(N)nn(C4(CC#N)CN(C5CCN(C(=O)c6ccnc(C(F)(F)F)c6F)CC5)C4)c3N)ncnc21. The maximum atomic E-state index is 14.6. The van der Waals surface area contributed by atoms with Gasteiger partial charge in [0.05, 0.1) is 29.3 Å². The van der Waals surface area contributed by atoms with Crippen LogP contribution in [0.5, 0.6) is 0 Å². The Bertz CT molecular complexity index is 1930. The van der Waals surface area contributed by atoms with Gasteiger partial charge in [0, 0.05) is 64.7 Å². The third-order valence-corrected chi connectivity index (χ3v) is 11.2. The number of pyridine rings is 1. The number of carbonyl (C=O) groups is 1. The van der Waals surface area contributed by atoms with Crippen LogP contribution in [0.15, 0.2) is 30.9 Å². The molecule has 2 saturated heterocycles. The maximum Gasteiger partial charge on any atom is 0.436 e. The highest BCUT2D eigenvalue weighted by atomic mass is 28.3. The number of fused-ring (bicyclic) bond motifs is 1. The molecule has 0 aliphatic carbocycles. The summed E-state index contributed by atoms with van der Waals surface area (Å²) in [7, 11) is -1.23. The average Bonchev–Trinajstić information content (AvgIpc) is 3.59. The number of anilines is 2. The van der Waals surface area contributed by atoms with Crippen molar-refractivity contribution < 1.29 is 27.1 Å². The number of halogens is 4. The number of nitrogens with zero attached hydrogens (tertiary/aromatic N) is 9. The Morgan fingerprint density at radius 3 is 2.52 bits per heavy atom. The first-order chi connectivity index (χ1) is 23.6. The van der Waals surface area contributed by atoms with Crippen LogP contribution in [0, 0.1) is 17.1 Å². The van der Waals surface area contributed by atoms with Crippen LogP contribution in [0.1, 0.15) is 35.3 Å². The lowest BCUT2D eigenvalue weighted by atomic mass is 9.83. The molecule has 6 rings (SSSR count). The number of ether oxygens (including phenoxy) is 1. The smallest absolute Gasteiger partial charge is 0.383 e. The van der Waals surface area contributed by atoms with Crippen molar-refractivity contribution >= 4 is 36.7 Å². The standard InChI is InChI=1S/C32H39F4N11O2Si/c1-50(2,3)15-14-49-19-45-13-7-22-25(41-18-42-29(22)45)23-27(38)43-47(28(23)39)31(8-9-37)16-46(17-31)20-5-11-44(12-6-20)30(48)21-4-10-40-26(24(21)33)32(34,35)36/h4,7,10,13,18,20H,5-6,8,11-12,14-17,19,39H2,1-3H3,(H2,38,43). The molecule has 2 fully saturated rings. The number of nitrogen functional groups attached to an aromatic ring is 2. The molecule has 4 N–H and O–H groups in total. The van der Waals surface area contributed by atoms with E-state index in [1.807, 2.05) is 16.8 Å². The minimum atomic E-state index is -5.01. The van der Waals surface area contributed by atoms with Crippen LogP contribution >= 0.6 is 0 Å². The average molecular weight is 714 g/mol. The fourth-order valence-corrected chi connectivity index (χ4v) is 7.50. The van der Waals surface area contributed by atoms with E-state index in [4.69, 9.17) is 16.2 Å². The fourth-order valence-electron chi connectivity index (χ4n) is 6.75. The van der Waals surface area contributed by atoms with Gasteiger partial charge in [0.15, 0.2) is 17.3 Å². The summed E-state index contributed by atoms with van der Waals surface area (Å²) in [6.45, 7) is 9.19. The minimum absolute atomic E-state index is 0.0155. The summed E-state index contributed by atoms with van der Waals surface area (Å²) in [6, 6.07) is 6.16. The van der Waals surface area contributed by atoms with Crippen LogP contribution in [-0.4, -0.2) is 91.9 Å². The Morgan fingerprint density at radius 1 is 1.14 bits per heavy atom. The molecule has 18 heteroatoms. The lowest BCUT2D eigenvalue weighted by molar-refractivity contribution is -0.143. The summed E-state index contributed by atoms with van der Waals surface area (Å²) in [5.41, 5.74) is 11.7. The van der Waals surface area contributed by atoms with Gasteiger partial charge in [-0.15, -0.1) is 0 Å². The van der Waals surface area contributed by atoms with E-state index in [2.05, 4.69) is 50.7 Å². The van der Waals surface area contributed by atoms with Gasteiger partial charge in [-0.2, -0.15) is 23.5 Å². The van der Waals surface area contributed by atoms with Crippen molar-refractivity contribution in [2.45, 2.75) is 69.4 Å². The number of alkyl halides is 3. The largest absolute Gasteiger partial charge is 0.436 e. The van der Waals surface area contributed by atoms with E-state index in [1.165, 1.54) is 11.2 Å². The summed E-state index contributed by atoms with van der Waals surface area (Å²) in [4.78, 5) is 28.6. The van der Waals surface area contributed by atoms with Gasteiger partial charge < -0.3 is 25.7 Å². The van der Waals surface area contributed by atoms with Crippen LogP contribution < -0.4 is 11.5 Å². The van der Waals surface area contributed by atoms with Crippen LogP contribution in [0.3, 0.4) is 0 Å². The predicted octanol–water partition coefficient (Wildman–Crippen LogP) is 4.55. The molecule has 266 valence electrons. The molecular formula is C32H39F4N11O2Si. The number of likely N-dealkylation sites (tertiary alicyclic amines) is 2. The van der Waals surface area contributed by atoms with E-state index in [0.717, 1.165) is 23.7 Å². The number of aromatic nitrogens is 6. The maximum absolute atomic E-state index is 14.6. The van der Waals surface area contributed by atoms with E-state index in [0.29, 0.717) is 56.2 Å². The molecule has 0 radical (unpaired) electrons. The lowest BCUT2D eigenvalue weighted by Crippen LogP contribution is -2.66. The number of nitriles is 1. The Hall–Kier alpha value is -4.60. The van der Waals surface area contributed by atoms with E-state index in [1.54, 1.807) is 4.68 Å². The number of hydrogen-bond donors (Lipinski definition) is 2. The van der Waals surface area contributed by atoms with Gasteiger partial charge in [0.1, 0.15) is 30.1 Å². The zero-order valence-electron chi connectivity index (χ0n) is 28.0. The number of rotatable bonds is 10. The summed E-state index contributed by atoms with van der Waals surface area (Å²) in [5, 5.41) is 15.2.